The Hall–Kier alpha value is -1.77. The molecule has 16 heavy (non-hydrogen) atoms. The van der Waals surface area contributed by atoms with E-state index in [1.54, 1.807) is 0 Å². The molecule has 3 rings (SSSR count). The maximum absolute atomic E-state index is 5.99. The molecule has 1 aliphatic carbocycles. The lowest BCUT2D eigenvalue weighted by molar-refractivity contribution is 0.293. The number of nitrogen functional groups attached to an aromatic ring is 1. The van der Waals surface area contributed by atoms with E-state index in [1.807, 2.05) is 28.9 Å². The van der Waals surface area contributed by atoms with Gasteiger partial charge in [0.2, 0.25) is 0 Å². The fraction of sp³-hybridized carbons (Fsp3) is 0.308. The van der Waals surface area contributed by atoms with Crippen molar-refractivity contribution in [3.63, 3.8) is 0 Å². The van der Waals surface area contributed by atoms with Gasteiger partial charge in [-0.3, -0.25) is 0 Å². The first-order valence-corrected chi connectivity index (χ1v) is 5.75. The van der Waals surface area contributed by atoms with Crippen molar-refractivity contribution in [1.82, 2.24) is 9.78 Å². The highest BCUT2D eigenvalue weighted by Gasteiger charge is 2.22. The first-order chi connectivity index (χ1) is 7.84. The number of hydrogen-bond acceptors (Lipinski definition) is 2. The van der Waals surface area contributed by atoms with Crippen molar-refractivity contribution in [2.45, 2.75) is 25.3 Å². The molecule has 0 aliphatic heterocycles. The summed E-state index contributed by atoms with van der Waals surface area (Å²) >= 11 is 0. The van der Waals surface area contributed by atoms with Gasteiger partial charge in [0.15, 0.2) is 0 Å². The topological polar surface area (TPSA) is 43.8 Å². The third-order valence-corrected chi connectivity index (χ3v) is 3.25. The summed E-state index contributed by atoms with van der Waals surface area (Å²) in [7, 11) is 0. The Bertz CT molecular complexity index is 483. The first-order valence-electron chi connectivity index (χ1n) is 5.75. The van der Waals surface area contributed by atoms with Gasteiger partial charge in [-0.15, -0.1) is 0 Å². The van der Waals surface area contributed by atoms with Gasteiger partial charge in [0.05, 0.1) is 11.7 Å². The summed E-state index contributed by atoms with van der Waals surface area (Å²) < 4.78 is 1.98. The minimum absolute atomic E-state index is 0.525. The SMILES string of the molecule is Nc1cc(-c2ccccc2)nn1C1CCC1. The van der Waals surface area contributed by atoms with Crippen LogP contribution in [0.4, 0.5) is 5.82 Å². The number of aromatic nitrogens is 2. The van der Waals surface area contributed by atoms with E-state index < -0.39 is 0 Å². The van der Waals surface area contributed by atoms with Gasteiger partial charge in [0, 0.05) is 11.6 Å². The number of hydrogen-bond donors (Lipinski definition) is 1. The lowest BCUT2D eigenvalue weighted by Crippen LogP contribution is -2.19. The van der Waals surface area contributed by atoms with Crippen molar-refractivity contribution in [2.24, 2.45) is 0 Å². The molecular formula is C13H15N3. The van der Waals surface area contributed by atoms with Crippen molar-refractivity contribution < 1.29 is 0 Å². The van der Waals surface area contributed by atoms with E-state index >= 15 is 0 Å². The normalized spacial score (nSPS) is 16.0. The zero-order valence-corrected chi connectivity index (χ0v) is 9.13. The molecule has 1 heterocycles. The summed E-state index contributed by atoms with van der Waals surface area (Å²) in [5.41, 5.74) is 8.10. The van der Waals surface area contributed by atoms with Crippen LogP contribution in [0.15, 0.2) is 36.4 Å². The maximum Gasteiger partial charge on any atom is 0.122 e. The molecule has 2 N–H and O–H groups in total. The Labute approximate surface area is 94.9 Å². The van der Waals surface area contributed by atoms with Gasteiger partial charge in [-0.25, -0.2) is 4.68 Å². The van der Waals surface area contributed by atoms with E-state index in [9.17, 15) is 0 Å². The summed E-state index contributed by atoms with van der Waals surface area (Å²) in [6.07, 6.45) is 3.71. The zero-order chi connectivity index (χ0) is 11.0. The summed E-state index contributed by atoms with van der Waals surface area (Å²) in [5.74, 6) is 0.781. The predicted molar refractivity (Wildman–Crippen MR) is 65.0 cm³/mol. The highest BCUT2D eigenvalue weighted by atomic mass is 15.3. The molecule has 0 radical (unpaired) electrons. The third-order valence-electron chi connectivity index (χ3n) is 3.25. The van der Waals surface area contributed by atoms with Crippen molar-refractivity contribution >= 4 is 5.82 Å². The quantitative estimate of drug-likeness (QED) is 0.833. The van der Waals surface area contributed by atoms with Crippen molar-refractivity contribution in [3.05, 3.63) is 36.4 Å². The van der Waals surface area contributed by atoms with Crippen molar-refractivity contribution in [1.29, 1.82) is 0 Å². The molecular weight excluding hydrogens is 198 g/mol. The molecule has 0 amide bonds. The largest absolute Gasteiger partial charge is 0.384 e. The van der Waals surface area contributed by atoms with Crippen LogP contribution in [-0.4, -0.2) is 9.78 Å². The van der Waals surface area contributed by atoms with E-state index in [1.165, 1.54) is 19.3 Å². The van der Waals surface area contributed by atoms with Gasteiger partial charge in [0.25, 0.3) is 0 Å². The molecule has 0 saturated heterocycles. The summed E-state index contributed by atoms with van der Waals surface area (Å²) in [6, 6.07) is 12.7. The lowest BCUT2D eigenvalue weighted by atomic mass is 9.93. The second-order valence-electron chi connectivity index (χ2n) is 4.35. The summed E-state index contributed by atoms with van der Waals surface area (Å²) in [5, 5.41) is 4.59. The minimum atomic E-state index is 0.525. The lowest BCUT2D eigenvalue weighted by Gasteiger charge is -2.26. The van der Waals surface area contributed by atoms with Crippen molar-refractivity contribution in [2.75, 3.05) is 5.73 Å². The van der Waals surface area contributed by atoms with Gasteiger partial charge in [-0.1, -0.05) is 30.3 Å². The number of rotatable bonds is 2. The molecule has 0 bridgehead atoms. The Morgan fingerprint density at radius 1 is 1.19 bits per heavy atom. The van der Waals surface area contributed by atoms with Crippen LogP contribution in [-0.2, 0) is 0 Å². The van der Waals surface area contributed by atoms with Gasteiger partial charge < -0.3 is 5.73 Å². The van der Waals surface area contributed by atoms with Crippen LogP contribution in [0.25, 0.3) is 11.3 Å². The number of benzene rings is 1. The van der Waals surface area contributed by atoms with E-state index in [4.69, 9.17) is 5.73 Å². The van der Waals surface area contributed by atoms with E-state index in [0.29, 0.717) is 6.04 Å². The summed E-state index contributed by atoms with van der Waals surface area (Å²) in [4.78, 5) is 0. The highest BCUT2D eigenvalue weighted by molar-refractivity contribution is 5.62. The van der Waals surface area contributed by atoms with Gasteiger partial charge >= 0.3 is 0 Å². The predicted octanol–water partition coefficient (Wildman–Crippen LogP) is 2.86. The van der Waals surface area contributed by atoms with Crippen LogP contribution >= 0.6 is 0 Å². The standard InChI is InChI=1S/C13H15N3/c14-13-9-12(10-5-2-1-3-6-10)15-16(13)11-7-4-8-11/h1-3,5-6,9,11H,4,7-8,14H2. The summed E-state index contributed by atoms with van der Waals surface area (Å²) in [6.45, 7) is 0. The second-order valence-corrected chi connectivity index (χ2v) is 4.35. The highest BCUT2D eigenvalue weighted by Crippen LogP contribution is 2.34. The smallest absolute Gasteiger partial charge is 0.122 e. The van der Waals surface area contributed by atoms with E-state index in [0.717, 1.165) is 17.1 Å². The molecule has 1 saturated carbocycles. The van der Waals surface area contributed by atoms with Crippen LogP contribution < -0.4 is 5.73 Å². The van der Waals surface area contributed by atoms with Crippen LogP contribution in [0.5, 0.6) is 0 Å². The maximum atomic E-state index is 5.99. The fourth-order valence-corrected chi connectivity index (χ4v) is 2.08. The first kappa shape index (κ1) is 9.46. The number of anilines is 1. The number of nitrogens with two attached hydrogens (primary N) is 1. The zero-order valence-electron chi connectivity index (χ0n) is 9.13. The fourth-order valence-electron chi connectivity index (χ4n) is 2.08. The Morgan fingerprint density at radius 3 is 2.56 bits per heavy atom. The molecule has 3 nitrogen and oxygen atoms in total. The Morgan fingerprint density at radius 2 is 1.94 bits per heavy atom. The molecule has 0 unspecified atom stereocenters. The molecule has 1 fully saturated rings. The van der Waals surface area contributed by atoms with E-state index in [-0.39, 0.29) is 0 Å². The molecule has 1 aromatic carbocycles. The Kier molecular flexibility index (Phi) is 2.17. The molecule has 82 valence electrons. The molecule has 0 atom stereocenters. The molecule has 2 aromatic rings. The van der Waals surface area contributed by atoms with Crippen LogP contribution in [0.3, 0.4) is 0 Å². The molecule has 3 heteroatoms. The van der Waals surface area contributed by atoms with Crippen LogP contribution in [0.2, 0.25) is 0 Å². The molecule has 1 aromatic heterocycles. The van der Waals surface area contributed by atoms with Gasteiger partial charge in [-0.05, 0) is 19.3 Å². The molecule has 0 spiro atoms. The minimum Gasteiger partial charge on any atom is -0.384 e. The average Bonchev–Trinajstić information content (AvgIpc) is 2.60. The third kappa shape index (κ3) is 1.48. The van der Waals surface area contributed by atoms with Gasteiger partial charge in [-0.2, -0.15) is 5.10 Å². The van der Waals surface area contributed by atoms with Crippen molar-refractivity contribution in [3.8, 4) is 11.3 Å². The van der Waals surface area contributed by atoms with Crippen LogP contribution in [0, 0.1) is 0 Å². The van der Waals surface area contributed by atoms with Crippen LogP contribution in [0.1, 0.15) is 25.3 Å². The van der Waals surface area contributed by atoms with E-state index in [2.05, 4.69) is 17.2 Å². The monoisotopic (exact) mass is 213 g/mol. The second kappa shape index (κ2) is 3.67. The number of nitrogens with zero attached hydrogens (tertiary/aromatic N) is 2. The molecule has 1 aliphatic rings. The van der Waals surface area contributed by atoms with Gasteiger partial charge in [0.1, 0.15) is 5.82 Å². The Balaban J connectivity index is 1.97. The average molecular weight is 213 g/mol.